The van der Waals surface area contributed by atoms with Crippen LogP contribution in [0.5, 0.6) is 0 Å². The molecule has 1 aromatic carbocycles. The Morgan fingerprint density at radius 1 is 1.50 bits per heavy atom. The van der Waals surface area contributed by atoms with Gasteiger partial charge in [0, 0.05) is 12.2 Å². The number of benzene rings is 1. The van der Waals surface area contributed by atoms with Crippen molar-refractivity contribution in [1.82, 2.24) is 5.32 Å². The molecule has 18 heavy (non-hydrogen) atoms. The van der Waals surface area contributed by atoms with Crippen LogP contribution in [-0.2, 0) is 0 Å². The van der Waals surface area contributed by atoms with E-state index in [2.05, 4.69) is 10.6 Å². The fourth-order valence-corrected chi connectivity index (χ4v) is 1.36. The number of hydrogen-bond acceptors (Lipinski definition) is 2. The minimum atomic E-state index is -0.604. The number of carbonyl (C=O) groups excluding carboxylic acids is 1. The molecule has 0 aliphatic rings. The zero-order chi connectivity index (χ0) is 13.7. The van der Waals surface area contributed by atoms with E-state index in [-0.39, 0.29) is 17.5 Å². The van der Waals surface area contributed by atoms with E-state index in [1.807, 2.05) is 13.8 Å². The summed E-state index contributed by atoms with van der Waals surface area (Å²) in [7, 11) is 0. The molecule has 0 saturated carbocycles. The Kier molecular flexibility index (Phi) is 5.37. The lowest BCUT2D eigenvalue weighted by Crippen LogP contribution is -2.37. The van der Waals surface area contributed by atoms with Gasteiger partial charge in [-0.1, -0.05) is 25.4 Å². The Morgan fingerprint density at radius 2 is 2.17 bits per heavy atom. The summed E-state index contributed by atoms with van der Waals surface area (Å²) in [5, 5.41) is 14.4. The quantitative estimate of drug-likeness (QED) is 0.790. The van der Waals surface area contributed by atoms with Crippen molar-refractivity contribution in [3.8, 4) is 0 Å². The van der Waals surface area contributed by atoms with Crippen LogP contribution in [0.25, 0.3) is 0 Å². The van der Waals surface area contributed by atoms with Gasteiger partial charge in [0.1, 0.15) is 5.82 Å². The number of hydrogen-bond donors (Lipinski definition) is 3. The largest absolute Gasteiger partial charge is 0.391 e. The summed E-state index contributed by atoms with van der Waals surface area (Å²) in [6.07, 6.45) is -0.604. The van der Waals surface area contributed by atoms with Crippen molar-refractivity contribution in [2.24, 2.45) is 5.92 Å². The average Bonchev–Trinajstić information content (AvgIpc) is 2.30. The minimum absolute atomic E-state index is 0.0602. The Morgan fingerprint density at radius 3 is 2.72 bits per heavy atom. The standard InChI is InChI=1S/C12H16ClFN2O2/c1-7(2)11(17)6-15-12(18)16-8-3-4-10(14)9(13)5-8/h3-5,7,11,17H,6H2,1-2H3,(H2,15,16,18)/t11-/m1/s1. The van der Waals surface area contributed by atoms with Crippen molar-refractivity contribution in [3.05, 3.63) is 29.0 Å². The van der Waals surface area contributed by atoms with Gasteiger partial charge in [0.15, 0.2) is 0 Å². The van der Waals surface area contributed by atoms with Crippen LogP contribution in [0.1, 0.15) is 13.8 Å². The smallest absolute Gasteiger partial charge is 0.319 e. The fraction of sp³-hybridized carbons (Fsp3) is 0.417. The number of halogens is 2. The third kappa shape index (κ3) is 4.50. The van der Waals surface area contributed by atoms with Crippen molar-refractivity contribution < 1.29 is 14.3 Å². The number of nitrogens with one attached hydrogen (secondary N) is 2. The van der Waals surface area contributed by atoms with Crippen molar-refractivity contribution in [2.45, 2.75) is 20.0 Å². The average molecular weight is 275 g/mol. The van der Waals surface area contributed by atoms with Gasteiger partial charge in [-0.15, -0.1) is 0 Å². The van der Waals surface area contributed by atoms with Crippen LogP contribution in [0, 0.1) is 11.7 Å². The highest BCUT2D eigenvalue weighted by Gasteiger charge is 2.11. The predicted molar refractivity (Wildman–Crippen MR) is 69.3 cm³/mol. The van der Waals surface area contributed by atoms with Crippen molar-refractivity contribution in [2.75, 3.05) is 11.9 Å². The number of aliphatic hydroxyl groups is 1. The Bertz CT molecular complexity index is 427. The van der Waals surface area contributed by atoms with Gasteiger partial charge in [-0.3, -0.25) is 0 Å². The van der Waals surface area contributed by atoms with Gasteiger partial charge in [0.05, 0.1) is 11.1 Å². The first-order valence-electron chi connectivity index (χ1n) is 5.58. The molecule has 0 fully saturated rings. The molecule has 6 heteroatoms. The molecular weight excluding hydrogens is 259 g/mol. The molecule has 100 valence electrons. The highest BCUT2D eigenvalue weighted by Crippen LogP contribution is 2.19. The Labute approximate surface area is 110 Å². The summed E-state index contributed by atoms with van der Waals surface area (Å²) in [6, 6.07) is 3.41. The van der Waals surface area contributed by atoms with Gasteiger partial charge in [-0.25, -0.2) is 9.18 Å². The second-order valence-electron chi connectivity index (χ2n) is 4.28. The Hall–Kier alpha value is -1.33. The number of aliphatic hydroxyl groups excluding tert-OH is 1. The molecule has 0 radical (unpaired) electrons. The molecule has 0 aliphatic heterocycles. The number of urea groups is 1. The molecule has 1 atom stereocenters. The number of anilines is 1. The van der Waals surface area contributed by atoms with E-state index in [9.17, 15) is 14.3 Å². The summed E-state index contributed by atoms with van der Waals surface area (Å²) in [6.45, 7) is 3.85. The lowest BCUT2D eigenvalue weighted by Gasteiger charge is -2.15. The molecule has 0 unspecified atom stereocenters. The van der Waals surface area contributed by atoms with Crippen LogP contribution in [-0.4, -0.2) is 23.8 Å². The summed E-state index contributed by atoms with van der Waals surface area (Å²) in [5.41, 5.74) is 0.387. The third-order valence-corrected chi connectivity index (χ3v) is 2.71. The summed E-state index contributed by atoms with van der Waals surface area (Å²) < 4.78 is 12.9. The van der Waals surface area contributed by atoms with Gasteiger partial charge in [0.25, 0.3) is 0 Å². The van der Waals surface area contributed by atoms with Gasteiger partial charge in [-0.05, 0) is 24.1 Å². The molecule has 4 nitrogen and oxygen atoms in total. The maximum Gasteiger partial charge on any atom is 0.319 e. The topological polar surface area (TPSA) is 61.4 Å². The van der Waals surface area contributed by atoms with Gasteiger partial charge in [-0.2, -0.15) is 0 Å². The van der Waals surface area contributed by atoms with Crippen LogP contribution < -0.4 is 10.6 Å². The van der Waals surface area contributed by atoms with Crippen LogP contribution in [0.3, 0.4) is 0 Å². The molecule has 1 aromatic rings. The lowest BCUT2D eigenvalue weighted by atomic mass is 10.1. The van der Waals surface area contributed by atoms with E-state index in [0.717, 1.165) is 0 Å². The SMILES string of the molecule is CC(C)[C@H](O)CNC(=O)Nc1ccc(F)c(Cl)c1. The molecule has 2 amide bonds. The van der Waals surface area contributed by atoms with E-state index in [1.54, 1.807) is 0 Å². The molecule has 0 spiro atoms. The van der Waals surface area contributed by atoms with E-state index in [1.165, 1.54) is 18.2 Å². The van der Waals surface area contributed by atoms with E-state index >= 15 is 0 Å². The zero-order valence-corrected chi connectivity index (χ0v) is 11.0. The lowest BCUT2D eigenvalue weighted by molar-refractivity contribution is 0.126. The third-order valence-electron chi connectivity index (χ3n) is 2.42. The van der Waals surface area contributed by atoms with Gasteiger partial charge >= 0.3 is 6.03 Å². The maximum atomic E-state index is 12.9. The van der Waals surface area contributed by atoms with Crippen LogP contribution in [0.2, 0.25) is 5.02 Å². The first-order chi connectivity index (χ1) is 8.40. The van der Waals surface area contributed by atoms with E-state index in [0.29, 0.717) is 5.69 Å². The van der Waals surface area contributed by atoms with E-state index in [4.69, 9.17) is 11.6 Å². The zero-order valence-electron chi connectivity index (χ0n) is 10.2. The monoisotopic (exact) mass is 274 g/mol. The highest BCUT2D eigenvalue weighted by atomic mass is 35.5. The van der Waals surface area contributed by atoms with Crippen LogP contribution in [0.4, 0.5) is 14.9 Å². The van der Waals surface area contributed by atoms with Gasteiger partial charge in [0.2, 0.25) is 0 Å². The summed E-state index contributed by atoms with van der Waals surface area (Å²) in [5.74, 6) is -0.483. The van der Waals surface area contributed by atoms with Crippen molar-refractivity contribution in [1.29, 1.82) is 0 Å². The number of amides is 2. The first kappa shape index (κ1) is 14.7. The highest BCUT2D eigenvalue weighted by molar-refractivity contribution is 6.31. The molecule has 0 heterocycles. The maximum absolute atomic E-state index is 12.9. The van der Waals surface area contributed by atoms with Crippen LogP contribution in [0.15, 0.2) is 18.2 Å². The van der Waals surface area contributed by atoms with Gasteiger partial charge < -0.3 is 15.7 Å². The predicted octanol–water partition coefficient (Wildman–Crippen LogP) is 2.62. The summed E-state index contributed by atoms with van der Waals surface area (Å²) in [4.78, 5) is 11.5. The molecule has 0 aromatic heterocycles. The summed E-state index contributed by atoms with van der Waals surface area (Å²) >= 11 is 5.58. The molecule has 0 saturated heterocycles. The number of rotatable bonds is 4. The molecular formula is C12H16ClFN2O2. The molecule has 0 aliphatic carbocycles. The second kappa shape index (κ2) is 6.56. The second-order valence-corrected chi connectivity index (χ2v) is 4.68. The molecule has 0 bridgehead atoms. The molecule has 3 N–H and O–H groups in total. The van der Waals surface area contributed by atoms with Crippen LogP contribution >= 0.6 is 11.6 Å². The Balaban J connectivity index is 2.47. The number of carbonyl (C=O) groups is 1. The van der Waals surface area contributed by atoms with E-state index < -0.39 is 18.0 Å². The van der Waals surface area contributed by atoms with Crippen molar-refractivity contribution >= 4 is 23.3 Å². The normalized spacial score (nSPS) is 12.3. The van der Waals surface area contributed by atoms with Crippen molar-refractivity contribution in [3.63, 3.8) is 0 Å². The first-order valence-corrected chi connectivity index (χ1v) is 5.96. The molecule has 1 rings (SSSR count). The fourth-order valence-electron chi connectivity index (χ4n) is 1.18. The minimum Gasteiger partial charge on any atom is -0.391 e.